The highest BCUT2D eigenvalue weighted by Crippen LogP contribution is 2.29. The Labute approximate surface area is 255 Å². The highest BCUT2D eigenvalue weighted by Gasteiger charge is 2.23. The number of amides is 1. The Hall–Kier alpha value is -3.95. The molecule has 0 aliphatic rings. The number of hydrogen-bond donors (Lipinski definition) is 1. The van der Waals surface area contributed by atoms with Crippen LogP contribution in [0.1, 0.15) is 15.9 Å². The van der Waals surface area contributed by atoms with Gasteiger partial charge in [0.1, 0.15) is 11.5 Å². The minimum atomic E-state index is -1.40. The monoisotopic (exact) mass is 632 g/mol. The summed E-state index contributed by atoms with van der Waals surface area (Å²) in [4.78, 5) is 25.5. The molecule has 12 heteroatoms. The summed E-state index contributed by atoms with van der Waals surface area (Å²) in [6.07, 6.45) is -0.0284. The molecule has 0 radical (unpaired) electrons. The van der Waals surface area contributed by atoms with Crippen molar-refractivity contribution in [1.29, 1.82) is 0 Å². The molecular weight excluding hydrogens is 614 g/mol. The van der Waals surface area contributed by atoms with Gasteiger partial charge in [0, 0.05) is 10.0 Å². The van der Waals surface area contributed by atoms with Crippen molar-refractivity contribution in [2.75, 3.05) is 7.11 Å². The number of halogens is 4. The smallest absolute Gasteiger partial charge is 0.343 e. The molecule has 0 atom stereocenters. The van der Waals surface area contributed by atoms with Crippen molar-refractivity contribution < 1.29 is 28.5 Å². The summed E-state index contributed by atoms with van der Waals surface area (Å²) in [5.41, 5.74) is 3.14. The summed E-state index contributed by atoms with van der Waals surface area (Å²) < 4.78 is 22.2. The zero-order valence-corrected chi connectivity index (χ0v) is 24.2. The number of esters is 1. The molecule has 1 N–H and O–H groups in total. The first kappa shape index (κ1) is 30.0. The third-order valence-corrected chi connectivity index (χ3v) is 6.50. The van der Waals surface area contributed by atoms with Crippen LogP contribution in [-0.4, -0.2) is 31.5 Å². The van der Waals surface area contributed by atoms with E-state index in [0.29, 0.717) is 32.1 Å². The van der Waals surface area contributed by atoms with E-state index in [0.717, 1.165) is 0 Å². The van der Waals surface area contributed by atoms with Crippen LogP contribution in [0.4, 0.5) is 0 Å². The molecule has 0 aromatic heterocycles. The van der Waals surface area contributed by atoms with E-state index >= 15 is 0 Å². The second-order valence-corrected chi connectivity index (χ2v) is 9.83. The van der Waals surface area contributed by atoms with Gasteiger partial charge in [-0.05, 0) is 90.5 Å². The summed E-state index contributed by atoms with van der Waals surface area (Å²) in [6.45, 7) is 0. The van der Waals surface area contributed by atoms with Crippen LogP contribution < -0.4 is 24.4 Å². The van der Waals surface area contributed by atoms with Gasteiger partial charge in [-0.25, -0.2) is 10.2 Å². The zero-order valence-electron chi connectivity index (χ0n) is 21.1. The molecule has 41 heavy (non-hydrogen) atoms. The molecule has 0 unspecified atom stereocenters. The molecule has 0 heterocycles. The zero-order chi connectivity index (χ0) is 29.4. The van der Waals surface area contributed by atoms with E-state index < -0.39 is 18.2 Å². The number of carbonyl (C=O) groups is 2. The number of benzene rings is 4. The Bertz CT molecular complexity index is 1520. The predicted molar refractivity (Wildman–Crippen MR) is 158 cm³/mol. The van der Waals surface area contributed by atoms with Crippen LogP contribution in [0.15, 0.2) is 90.0 Å². The molecule has 0 saturated carbocycles. The van der Waals surface area contributed by atoms with Gasteiger partial charge in [0.2, 0.25) is 0 Å². The SMILES string of the molecule is COc1cc(/C=N\NC(=O)C(Oc2ccc(Cl)cc2)Oc2ccc(Cl)cc2)ccc1OC(=O)c1ccc(Cl)c(Cl)c1. The molecule has 0 saturated heterocycles. The predicted octanol–water partition coefficient (Wildman–Crippen LogP) is 7.46. The molecule has 210 valence electrons. The first-order valence-electron chi connectivity index (χ1n) is 11.7. The number of methoxy groups -OCH3 is 1. The van der Waals surface area contributed by atoms with Crippen molar-refractivity contribution in [2.24, 2.45) is 5.10 Å². The summed E-state index contributed by atoms with van der Waals surface area (Å²) >= 11 is 23.8. The first-order chi connectivity index (χ1) is 19.7. The van der Waals surface area contributed by atoms with Gasteiger partial charge in [-0.1, -0.05) is 46.4 Å². The fraction of sp³-hybridized carbons (Fsp3) is 0.0690. The maximum absolute atomic E-state index is 12.9. The highest BCUT2D eigenvalue weighted by atomic mass is 35.5. The van der Waals surface area contributed by atoms with Crippen LogP contribution in [0, 0.1) is 0 Å². The number of rotatable bonds is 10. The Kier molecular flexibility index (Phi) is 10.3. The van der Waals surface area contributed by atoms with E-state index in [1.54, 1.807) is 60.7 Å². The largest absolute Gasteiger partial charge is 0.493 e. The fourth-order valence-electron chi connectivity index (χ4n) is 3.26. The molecule has 0 spiro atoms. The van der Waals surface area contributed by atoms with E-state index in [2.05, 4.69) is 10.5 Å². The van der Waals surface area contributed by atoms with E-state index in [4.69, 9.17) is 65.4 Å². The molecule has 4 aromatic rings. The Morgan fingerprint density at radius 1 is 0.756 bits per heavy atom. The maximum Gasteiger partial charge on any atom is 0.343 e. The van der Waals surface area contributed by atoms with E-state index in [1.807, 2.05) is 0 Å². The molecule has 8 nitrogen and oxygen atoms in total. The minimum Gasteiger partial charge on any atom is -0.493 e. The quantitative estimate of drug-likeness (QED) is 0.0640. The van der Waals surface area contributed by atoms with Crippen molar-refractivity contribution in [1.82, 2.24) is 5.43 Å². The number of ether oxygens (including phenoxy) is 4. The van der Waals surface area contributed by atoms with Gasteiger partial charge in [0.25, 0.3) is 0 Å². The van der Waals surface area contributed by atoms with E-state index in [-0.39, 0.29) is 22.1 Å². The van der Waals surface area contributed by atoms with Crippen LogP contribution in [-0.2, 0) is 4.79 Å². The molecule has 1 amide bonds. The van der Waals surface area contributed by atoms with Gasteiger partial charge in [0.15, 0.2) is 11.5 Å². The lowest BCUT2D eigenvalue weighted by Gasteiger charge is -2.19. The lowest BCUT2D eigenvalue weighted by Crippen LogP contribution is -2.40. The number of nitrogens with zero attached hydrogens (tertiary/aromatic N) is 1. The number of nitrogens with one attached hydrogen (secondary N) is 1. The molecular formula is C29H20Cl4N2O6. The standard InChI is InChI=1S/C29H20Cl4N2O6/c1-38-26-14-17(2-13-25(26)41-28(37)18-3-12-23(32)24(33)15-18)16-34-35-27(36)29(39-21-8-4-19(30)5-9-21)40-22-10-6-20(31)7-11-22/h2-16,29H,1H3,(H,35,36)/b34-16-. The van der Waals surface area contributed by atoms with E-state index in [1.165, 1.54) is 37.6 Å². The van der Waals surface area contributed by atoms with Gasteiger partial charge < -0.3 is 18.9 Å². The van der Waals surface area contributed by atoms with Crippen LogP contribution in [0.5, 0.6) is 23.0 Å². The molecule has 0 aliphatic carbocycles. The molecule has 0 fully saturated rings. The Morgan fingerprint density at radius 2 is 1.37 bits per heavy atom. The summed E-state index contributed by atoms with van der Waals surface area (Å²) in [5, 5.41) is 5.54. The maximum atomic E-state index is 12.9. The van der Waals surface area contributed by atoms with Crippen molar-refractivity contribution in [3.63, 3.8) is 0 Å². The third-order valence-electron chi connectivity index (χ3n) is 5.26. The Morgan fingerprint density at radius 3 is 1.93 bits per heavy atom. The molecule has 4 rings (SSSR count). The number of hydrogen-bond acceptors (Lipinski definition) is 7. The fourth-order valence-corrected chi connectivity index (χ4v) is 3.81. The molecule has 0 bridgehead atoms. The molecule has 4 aromatic carbocycles. The lowest BCUT2D eigenvalue weighted by molar-refractivity contribution is -0.140. The van der Waals surface area contributed by atoms with Crippen LogP contribution in [0.25, 0.3) is 0 Å². The van der Waals surface area contributed by atoms with Gasteiger partial charge in [0.05, 0.1) is 28.9 Å². The van der Waals surface area contributed by atoms with Crippen molar-refractivity contribution >= 4 is 64.5 Å². The van der Waals surface area contributed by atoms with Crippen LogP contribution in [0.2, 0.25) is 20.1 Å². The van der Waals surface area contributed by atoms with Crippen molar-refractivity contribution in [3.05, 3.63) is 116 Å². The summed E-state index contributed by atoms with van der Waals surface area (Å²) in [5.74, 6) is -0.221. The third kappa shape index (κ3) is 8.52. The van der Waals surface area contributed by atoms with Crippen LogP contribution >= 0.6 is 46.4 Å². The number of hydrazone groups is 1. The normalized spacial score (nSPS) is 10.9. The summed E-state index contributed by atoms with van der Waals surface area (Å²) in [7, 11) is 1.42. The second-order valence-electron chi connectivity index (χ2n) is 8.14. The van der Waals surface area contributed by atoms with Gasteiger partial charge >= 0.3 is 18.2 Å². The lowest BCUT2D eigenvalue weighted by atomic mass is 10.2. The second kappa shape index (κ2) is 14.1. The summed E-state index contributed by atoms with van der Waals surface area (Å²) in [6, 6.07) is 21.9. The van der Waals surface area contributed by atoms with Gasteiger partial charge in [-0.3, -0.25) is 4.79 Å². The van der Waals surface area contributed by atoms with E-state index in [9.17, 15) is 9.59 Å². The first-order valence-corrected chi connectivity index (χ1v) is 13.3. The van der Waals surface area contributed by atoms with Gasteiger partial charge in [-0.15, -0.1) is 0 Å². The highest BCUT2D eigenvalue weighted by molar-refractivity contribution is 6.42. The van der Waals surface area contributed by atoms with Crippen molar-refractivity contribution in [2.45, 2.75) is 6.29 Å². The minimum absolute atomic E-state index is 0.164. The van der Waals surface area contributed by atoms with Gasteiger partial charge in [-0.2, -0.15) is 5.10 Å². The van der Waals surface area contributed by atoms with Crippen LogP contribution in [0.3, 0.4) is 0 Å². The number of carbonyl (C=O) groups excluding carboxylic acids is 2. The average molecular weight is 634 g/mol. The van der Waals surface area contributed by atoms with Crippen molar-refractivity contribution in [3.8, 4) is 23.0 Å². The Balaban J connectivity index is 1.44. The molecule has 0 aliphatic heterocycles. The topological polar surface area (TPSA) is 95.5 Å². The average Bonchev–Trinajstić information content (AvgIpc) is 2.97.